The summed E-state index contributed by atoms with van der Waals surface area (Å²) >= 11 is 3.25. The van der Waals surface area contributed by atoms with Gasteiger partial charge in [0.2, 0.25) is 0 Å². The highest BCUT2D eigenvalue weighted by Crippen LogP contribution is 2.40. The number of carbonyl (C=O) groups excluding carboxylic acids is 2. The Hall–Kier alpha value is -1.79. The number of benzene rings is 1. The van der Waals surface area contributed by atoms with Gasteiger partial charge in [-0.1, -0.05) is 18.2 Å². The van der Waals surface area contributed by atoms with Crippen LogP contribution in [0.2, 0.25) is 0 Å². The number of aryl methyl sites for hydroxylation is 2. The molecule has 1 aliphatic rings. The molecule has 1 amide bonds. The van der Waals surface area contributed by atoms with Crippen molar-refractivity contribution in [1.82, 2.24) is 0 Å². The van der Waals surface area contributed by atoms with Gasteiger partial charge < -0.3 is 10.1 Å². The molecular formula is C18H19NO3S2. The van der Waals surface area contributed by atoms with Crippen LogP contribution < -0.4 is 5.32 Å². The summed E-state index contributed by atoms with van der Waals surface area (Å²) in [4.78, 5) is 26.0. The third-order valence-electron chi connectivity index (χ3n) is 3.96. The lowest BCUT2D eigenvalue weighted by atomic mass is 10.1. The SMILES string of the molecule is Cc1ccccc1NC(=O)[C@H](C)OC(=O)[C@H]1SCCc2sccc21. The van der Waals surface area contributed by atoms with Crippen molar-refractivity contribution in [2.24, 2.45) is 0 Å². The van der Waals surface area contributed by atoms with Crippen LogP contribution in [-0.2, 0) is 20.7 Å². The van der Waals surface area contributed by atoms with Gasteiger partial charge in [0.25, 0.3) is 5.91 Å². The first-order valence-electron chi connectivity index (χ1n) is 7.81. The quantitative estimate of drug-likeness (QED) is 0.838. The van der Waals surface area contributed by atoms with E-state index in [1.54, 1.807) is 30.0 Å². The fourth-order valence-corrected chi connectivity index (χ4v) is 4.85. The van der Waals surface area contributed by atoms with E-state index in [1.165, 1.54) is 4.88 Å². The Morgan fingerprint density at radius 1 is 1.29 bits per heavy atom. The molecule has 1 N–H and O–H groups in total. The minimum absolute atomic E-state index is 0.316. The second kappa shape index (κ2) is 7.40. The highest BCUT2D eigenvalue weighted by molar-refractivity contribution is 8.00. The molecule has 0 saturated heterocycles. The molecule has 1 aromatic carbocycles. The predicted octanol–water partition coefficient (Wildman–Crippen LogP) is 3.96. The second-order valence-corrected chi connectivity index (χ2v) is 7.90. The summed E-state index contributed by atoms with van der Waals surface area (Å²) in [6, 6.07) is 9.50. The van der Waals surface area contributed by atoms with E-state index in [2.05, 4.69) is 5.32 Å². The van der Waals surface area contributed by atoms with Gasteiger partial charge in [0.1, 0.15) is 5.25 Å². The van der Waals surface area contributed by atoms with E-state index in [-0.39, 0.29) is 17.1 Å². The van der Waals surface area contributed by atoms with Gasteiger partial charge in [-0.25, -0.2) is 0 Å². The van der Waals surface area contributed by atoms with Crippen LogP contribution in [0.3, 0.4) is 0 Å². The molecule has 0 spiro atoms. The van der Waals surface area contributed by atoms with Crippen molar-refractivity contribution in [3.05, 3.63) is 51.7 Å². The molecule has 126 valence electrons. The van der Waals surface area contributed by atoms with Crippen LogP contribution in [0.5, 0.6) is 0 Å². The molecule has 0 fully saturated rings. The van der Waals surface area contributed by atoms with E-state index >= 15 is 0 Å². The Labute approximate surface area is 149 Å². The van der Waals surface area contributed by atoms with Gasteiger partial charge in [0.05, 0.1) is 0 Å². The van der Waals surface area contributed by atoms with Crippen molar-refractivity contribution in [3.63, 3.8) is 0 Å². The smallest absolute Gasteiger partial charge is 0.324 e. The second-order valence-electron chi connectivity index (χ2n) is 5.68. The summed E-state index contributed by atoms with van der Waals surface area (Å²) in [7, 11) is 0. The molecule has 24 heavy (non-hydrogen) atoms. The Bertz CT molecular complexity index is 756. The molecule has 0 saturated carbocycles. The molecule has 2 atom stereocenters. The standard InChI is InChI=1S/C18H19NO3S2/c1-11-5-3-4-6-14(11)19-17(20)12(2)22-18(21)16-13-7-9-23-15(13)8-10-24-16/h3-7,9,12,16H,8,10H2,1-2H3,(H,19,20)/t12-,16-/m0/s1. The van der Waals surface area contributed by atoms with Gasteiger partial charge in [-0.2, -0.15) is 0 Å². The van der Waals surface area contributed by atoms with Gasteiger partial charge in [0, 0.05) is 10.6 Å². The summed E-state index contributed by atoms with van der Waals surface area (Å²) in [5, 5.41) is 4.49. The first kappa shape index (κ1) is 17.0. The molecule has 2 heterocycles. The molecule has 6 heteroatoms. The first-order valence-corrected chi connectivity index (χ1v) is 9.74. The maximum absolute atomic E-state index is 12.5. The molecule has 0 aliphatic carbocycles. The zero-order valence-electron chi connectivity index (χ0n) is 13.6. The van der Waals surface area contributed by atoms with Crippen LogP contribution in [0.1, 0.15) is 28.2 Å². The van der Waals surface area contributed by atoms with Crippen molar-refractivity contribution < 1.29 is 14.3 Å². The third kappa shape index (κ3) is 3.65. The Balaban J connectivity index is 1.63. The van der Waals surface area contributed by atoms with E-state index in [4.69, 9.17) is 4.74 Å². The highest BCUT2D eigenvalue weighted by Gasteiger charge is 2.31. The number of amides is 1. The van der Waals surface area contributed by atoms with Crippen LogP contribution in [0.15, 0.2) is 35.7 Å². The van der Waals surface area contributed by atoms with E-state index in [0.717, 1.165) is 29.0 Å². The number of hydrogen-bond acceptors (Lipinski definition) is 5. The largest absolute Gasteiger partial charge is 0.451 e. The summed E-state index contributed by atoms with van der Waals surface area (Å²) in [5.74, 6) is 0.243. The van der Waals surface area contributed by atoms with Gasteiger partial charge in [0.15, 0.2) is 6.10 Å². The normalized spacial score (nSPS) is 17.7. The van der Waals surface area contributed by atoms with Crippen molar-refractivity contribution in [2.75, 3.05) is 11.1 Å². The number of fused-ring (bicyclic) bond motifs is 1. The summed E-state index contributed by atoms with van der Waals surface area (Å²) < 4.78 is 5.42. The van der Waals surface area contributed by atoms with Crippen molar-refractivity contribution in [3.8, 4) is 0 Å². The van der Waals surface area contributed by atoms with Crippen LogP contribution >= 0.6 is 23.1 Å². The third-order valence-corrected chi connectivity index (χ3v) is 6.17. The van der Waals surface area contributed by atoms with E-state index in [1.807, 2.05) is 42.6 Å². The molecule has 1 aromatic heterocycles. The number of esters is 1. The number of anilines is 1. The fraction of sp³-hybridized carbons (Fsp3) is 0.333. The molecule has 3 rings (SSSR count). The van der Waals surface area contributed by atoms with Gasteiger partial charge >= 0.3 is 5.97 Å². The minimum atomic E-state index is -0.832. The molecule has 4 nitrogen and oxygen atoms in total. The molecule has 1 aliphatic heterocycles. The number of hydrogen-bond donors (Lipinski definition) is 1. The van der Waals surface area contributed by atoms with Crippen molar-refractivity contribution >= 4 is 40.7 Å². The lowest BCUT2D eigenvalue weighted by molar-refractivity contribution is -0.152. The fourth-order valence-electron chi connectivity index (χ4n) is 2.58. The number of para-hydroxylation sites is 1. The number of thioether (sulfide) groups is 1. The zero-order chi connectivity index (χ0) is 17.1. The Morgan fingerprint density at radius 2 is 2.08 bits per heavy atom. The lowest BCUT2D eigenvalue weighted by Crippen LogP contribution is -2.32. The number of nitrogens with one attached hydrogen (secondary N) is 1. The Kier molecular flexibility index (Phi) is 5.26. The van der Waals surface area contributed by atoms with Crippen molar-refractivity contribution in [2.45, 2.75) is 31.6 Å². The molecule has 0 radical (unpaired) electrons. The maximum Gasteiger partial charge on any atom is 0.324 e. The summed E-state index contributed by atoms with van der Waals surface area (Å²) in [6.07, 6.45) is 0.159. The lowest BCUT2D eigenvalue weighted by Gasteiger charge is -2.22. The van der Waals surface area contributed by atoms with Gasteiger partial charge in [-0.05, 0) is 54.7 Å². The maximum atomic E-state index is 12.5. The Morgan fingerprint density at radius 3 is 2.88 bits per heavy atom. The van der Waals surface area contributed by atoms with Gasteiger partial charge in [-0.3, -0.25) is 9.59 Å². The molecule has 0 unspecified atom stereocenters. The highest BCUT2D eigenvalue weighted by atomic mass is 32.2. The topological polar surface area (TPSA) is 55.4 Å². The van der Waals surface area contributed by atoms with Crippen LogP contribution in [-0.4, -0.2) is 23.7 Å². The van der Waals surface area contributed by atoms with E-state index < -0.39 is 6.10 Å². The van der Waals surface area contributed by atoms with Crippen LogP contribution in [0, 0.1) is 6.92 Å². The number of thiophene rings is 1. The number of ether oxygens (including phenoxy) is 1. The summed E-state index contributed by atoms with van der Waals surface area (Å²) in [6.45, 7) is 3.52. The number of carbonyl (C=O) groups is 2. The predicted molar refractivity (Wildman–Crippen MR) is 98.6 cm³/mol. The zero-order valence-corrected chi connectivity index (χ0v) is 15.2. The average Bonchev–Trinajstić information content (AvgIpc) is 3.05. The van der Waals surface area contributed by atoms with Crippen LogP contribution in [0.25, 0.3) is 0 Å². The van der Waals surface area contributed by atoms with Gasteiger partial charge in [-0.15, -0.1) is 23.1 Å². The number of rotatable bonds is 4. The molecule has 2 aromatic rings. The van der Waals surface area contributed by atoms with Crippen LogP contribution in [0.4, 0.5) is 5.69 Å². The molecular weight excluding hydrogens is 342 g/mol. The first-order chi connectivity index (χ1) is 11.6. The minimum Gasteiger partial charge on any atom is -0.451 e. The van der Waals surface area contributed by atoms with E-state index in [0.29, 0.717) is 0 Å². The van der Waals surface area contributed by atoms with Crippen molar-refractivity contribution in [1.29, 1.82) is 0 Å². The molecule has 0 bridgehead atoms. The van der Waals surface area contributed by atoms with E-state index in [9.17, 15) is 9.59 Å². The summed E-state index contributed by atoms with van der Waals surface area (Å²) in [5.41, 5.74) is 2.74. The monoisotopic (exact) mass is 361 g/mol. The average molecular weight is 361 g/mol.